The normalized spacial score (nSPS) is 11.0. The monoisotopic (exact) mass is 326 g/mol. The van der Waals surface area contributed by atoms with Crippen LogP contribution in [0.15, 0.2) is 41.2 Å². The van der Waals surface area contributed by atoms with Gasteiger partial charge in [-0.1, -0.05) is 37.3 Å². The Balaban J connectivity index is 2.24. The summed E-state index contributed by atoms with van der Waals surface area (Å²) >= 11 is 1.56. The molecule has 0 radical (unpaired) electrons. The molecule has 118 valence electrons. The third-order valence-corrected chi connectivity index (χ3v) is 4.94. The van der Waals surface area contributed by atoms with Gasteiger partial charge in [-0.05, 0) is 19.4 Å². The molecule has 5 heteroatoms. The minimum atomic E-state index is -0.0638. The van der Waals surface area contributed by atoms with Crippen LogP contribution in [0.3, 0.4) is 0 Å². The van der Waals surface area contributed by atoms with Crippen LogP contribution in [0.5, 0.6) is 0 Å². The molecule has 0 aliphatic heterocycles. The van der Waals surface area contributed by atoms with Gasteiger partial charge in [-0.3, -0.25) is 14.2 Å². The van der Waals surface area contributed by atoms with Gasteiger partial charge in [-0.25, -0.2) is 4.98 Å². The molecule has 3 rings (SSSR count). The van der Waals surface area contributed by atoms with Crippen LogP contribution in [-0.2, 0) is 17.8 Å². The van der Waals surface area contributed by atoms with E-state index in [4.69, 9.17) is 4.98 Å². The van der Waals surface area contributed by atoms with E-state index in [2.05, 4.69) is 6.92 Å². The van der Waals surface area contributed by atoms with Crippen LogP contribution in [-0.4, -0.2) is 15.3 Å². The van der Waals surface area contributed by atoms with Gasteiger partial charge in [0.1, 0.15) is 16.4 Å². The number of aromatic nitrogens is 2. The Labute approximate surface area is 138 Å². The maximum absolute atomic E-state index is 12.9. The van der Waals surface area contributed by atoms with E-state index in [9.17, 15) is 9.59 Å². The maximum Gasteiger partial charge on any atom is 0.262 e. The van der Waals surface area contributed by atoms with Crippen LogP contribution in [0.1, 0.15) is 25.1 Å². The van der Waals surface area contributed by atoms with Gasteiger partial charge in [0.25, 0.3) is 5.56 Å². The second-order valence-corrected chi connectivity index (χ2v) is 6.61. The predicted octanol–water partition coefficient (Wildman–Crippen LogP) is 3.67. The predicted molar refractivity (Wildman–Crippen MR) is 94.0 cm³/mol. The summed E-state index contributed by atoms with van der Waals surface area (Å²) in [5, 5.41) is 0.648. The van der Waals surface area contributed by atoms with E-state index < -0.39 is 0 Å². The summed E-state index contributed by atoms with van der Waals surface area (Å²) < 4.78 is 1.63. The molecule has 0 saturated heterocycles. The molecule has 0 atom stereocenters. The number of carbonyl (C=O) groups excluding carboxylic acids is 1. The number of hydrogen-bond donors (Lipinski definition) is 0. The van der Waals surface area contributed by atoms with Gasteiger partial charge in [-0.15, -0.1) is 11.3 Å². The SMILES string of the molecule is CCc1cc2c(=O)n(CCC(C)=O)c(-c3ccccc3)nc2s1. The van der Waals surface area contributed by atoms with E-state index >= 15 is 0 Å². The average Bonchev–Trinajstić information content (AvgIpc) is 2.98. The molecule has 2 heterocycles. The molecule has 1 aromatic carbocycles. The van der Waals surface area contributed by atoms with Gasteiger partial charge in [0.15, 0.2) is 0 Å². The fourth-order valence-electron chi connectivity index (χ4n) is 2.52. The molecule has 0 aliphatic rings. The summed E-state index contributed by atoms with van der Waals surface area (Å²) in [5.74, 6) is 0.699. The topological polar surface area (TPSA) is 52.0 Å². The van der Waals surface area contributed by atoms with Crippen LogP contribution >= 0.6 is 11.3 Å². The Morgan fingerprint density at radius 1 is 1.26 bits per heavy atom. The highest BCUT2D eigenvalue weighted by Crippen LogP contribution is 2.25. The highest BCUT2D eigenvalue weighted by molar-refractivity contribution is 7.18. The first-order chi connectivity index (χ1) is 11.1. The van der Waals surface area contributed by atoms with Crippen molar-refractivity contribution < 1.29 is 4.79 Å². The second kappa shape index (κ2) is 6.46. The Kier molecular flexibility index (Phi) is 4.39. The molecule has 4 nitrogen and oxygen atoms in total. The zero-order valence-corrected chi connectivity index (χ0v) is 14.0. The molecule has 0 aliphatic carbocycles. The summed E-state index contributed by atoms with van der Waals surface area (Å²) in [5.41, 5.74) is 0.826. The average molecular weight is 326 g/mol. The number of ketones is 1. The van der Waals surface area contributed by atoms with Crippen LogP contribution < -0.4 is 5.56 Å². The number of hydrogen-bond acceptors (Lipinski definition) is 4. The number of rotatable bonds is 5. The molecular weight excluding hydrogens is 308 g/mol. The van der Waals surface area contributed by atoms with Gasteiger partial charge in [0.05, 0.1) is 5.39 Å². The Hall–Kier alpha value is -2.27. The molecule has 0 spiro atoms. The molecule has 2 aromatic heterocycles. The van der Waals surface area contributed by atoms with E-state index in [-0.39, 0.29) is 11.3 Å². The Morgan fingerprint density at radius 3 is 2.65 bits per heavy atom. The molecular formula is C18H18N2O2S. The highest BCUT2D eigenvalue weighted by Gasteiger charge is 2.15. The molecule has 23 heavy (non-hydrogen) atoms. The van der Waals surface area contributed by atoms with Crippen molar-refractivity contribution >= 4 is 27.3 Å². The number of carbonyl (C=O) groups is 1. The van der Waals surface area contributed by atoms with Crippen molar-refractivity contribution in [1.29, 1.82) is 0 Å². The number of thiophene rings is 1. The number of aryl methyl sites for hydroxylation is 1. The first-order valence-corrected chi connectivity index (χ1v) is 8.50. The first kappa shape index (κ1) is 15.6. The largest absolute Gasteiger partial charge is 0.300 e. The number of Topliss-reactive ketones (excluding diaryl/α,β-unsaturated/α-hetero) is 1. The summed E-state index contributed by atoms with van der Waals surface area (Å²) in [7, 11) is 0. The van der Waals surface area contributed by atoms with Gasteiger partial charge in [-0.2, -0.15) is 0 Å². The van der Waals surface area contributed by atoms with Crippen molar-refractivity contribution in [3.05, 3.63) is 51.6 Å². The van der Waals surface area contributed by atoms with Crippen molar-refractivity contribution in [2.24, 2.45) is 0 Å². The van der Waals surface area contributed by atoms with Crippen LogP contribution in [0.25, 0.3) is 21.6 Å². The van der Waals surface area contributed by atoms with E-state index in [0.717, 1.165) is 21.7 Å². The Morgan fingerprint density at radius 2 is 2.00 bits per heavy atom. The highest BCUT2D eigenvalue weighted by atomic mass is 32.1. The zero-order chi connectivity index (χ0) is 16.4. The van der Waals surface area contributed by atoms with Crippen molar-refractivity contribution in [2.45, 2.75) is 33.2 Å². The van der Waals surface area contributed by atoms with Crippen molar-refractivity contribution in [1.82, 2.24) is 9.55 Å². The third kappa shape index (κ3) is 3.10. The van der Waals surface area contributed by atoms with Gasteiger partial charge >= 0.3 is 0 Å². The summed E-state index contributed by atoms with van der Waals surface area (Å²) in [6.07, 6.45) is 1.21. The second-order valence-electron chi connectivity index (χ2n) is 5.50. The maximum atomic E-state index is 12.9. The van der Waals surface area contributed by atoms with Gasteiger partial charge < -0.3 is 0 Å². The third-order valence-electron chi connectivity index (χ3n) is 3.77. The fourth-order valence-corrected chi connectivity index (χ4v) is 3.48. The smallest absolute Gasteiger partial charge is 0.262 e. The van der Waals surface area contributed by atoms with E-state index in [0.29, 0.717) is 24.2 Å². The molecule has 3 aromatic rings. The molecule has 0 saturated carbocycles. The molecule has 0 amide bonds. The lowest BCUT2D eigenvalue weighted by molar-refractivity contribution is -0.117. The lowest BCUT2D eigenvalue weighted by Crippen LogP contribution is -2.24. The van der Waals surface area contributed by atoms with Crippen molar-refractivity contribution in [3.8, 4) is 11.4 Å². The van der Waals surface area contributed by atoms with E-state index in [1.165, 1.54) is 0 Å². The van der Waals surface area contributed by atoms with Gasteiger partial charge in [0, 0.05) is 23.4 Å². The van der Waals surface area contributed by atoms with Crippen LogP contribution in [0, 0.1) is 0 Å². The Bertz CT molecular complexity index is 910. The standard InChI is InChI=1S/C18H18N2O2S/c1-3-14-11-15-17(23-14)19-16(13-7-5-4-6-8-13)20(18(15)22)10-9-12(2)21/h4-8,11H,3,9-10H2,1-2H3. The number of nitrogens with zero attached hydrogens (tertiary/aromatic N) is 2. The minimum absolute atomic E-state index is 0.0638. The van der Waals surface area contributed by atoms with Gasteiger partial charge in [0.2, 0.25) is 0 Å². The number of fused-ring (bicyclic) bond motifs is 1. The van der Waals surface area contributed by atoms with Crippen molar-refractivity contribution in [2.75, 3.05) is 0 Å². The zero-order valence-electron chi connectivity index (χ0n) is 13.2. The van der Waals surface area contributed by atoms with Crippen LogP contribution in [0.4, 0.5) is 0 Å². The minimum Gasteiger partial charge on any atom is -0.300 e. The lowest BCUT2D eigenvalue weighted by Gasteiger charge is -2.11. The summed E-state index contributed by atoms with van der Waals surface area (Å²) in [4.78, 5) is 30.9. The summed E-state index contributed by atoms with van der Waals surface area (Å²) in [6.45, 7) is 3.97. The molecule has 0 bridgehead atoms. The molecule has 0 unspecified atom stereocenters. The first-order valence-electron chi connectivity index (χ1n) is 7.68. The molecule has 0 N–H and O–H groups in total. The molecule has 0 fully saturated rings. The van der Waals surface area contributed by atoms with E-state index in [1.54, 1.807) is 22.8 Å². The van der Waals surface area contributed by atoms with Crippen LogP contribution in [0.2, 0.25) is 0 Å². The lowest BCUT2D eigenvalue weighted by atomic mass is 10.2. The fraction of sp³-hybridized carbons (Fsp3) is 0.278. The van der Waals surface area contributed by atoms with Crippen molar-refractivity contribution in [3.63, 3.8) is 0 Å². The van der Waals surface area contributed by atoms with E-state index in [1.807, 2.05) is 36.4 Å². The number of benzene rings is 1. The quantitative estimate of drug-likeness (QED) is 0.719. The summed E-state index contributed by atoms with van der Waals surface area (Å²) in [6, 6.07) is 11.6.